The molecule has 3 aromatic carbocycles. The van der Waals surface area contributed by atoms with Crippen LogP contribution in [0.3, 0.4) is 0 Å². The summed E-state index contributed by atoms with van der Waals surface area (Å²) in [5.74, 6) is 0.377. The van der Waals surface area contributed by atoms with Gasteiger partial charge in [-0.2, -0.15) is 0 Å². The van der Waals surface area contributed by atoms with Gasteiger partial charge in [-0.3, -0.25) is 9.52 Å². The van der Waals surface area contributed by atoms with Crippen LogP contribution in [-0.4, -0.2) is 21.4 Å². The van der Waals surface area contributed by atoms with Crippen molar-refractivity contribution >= 4 is 21.6 Å². The van der Waals surface area contributed by atoms with E-state index in [4.69, 9.17) is 4.74 Å². The largest absolute Gasteiger partial charge is 0.497 e. The SMILES string of the molecule is COc1ccc([C@H](C)NC(=O)c2cccc(S(=O)(=O)Nc3ccccc3C)c2)cc1. The number of anilines is 1. The Bertz CT molecular complexity index is 1140. The van der Waals surface area contributed by atoms with Crippen LogP contribution in [0.25, 0.3) is 0 Å². The molecule has 1 atom stereocenters. The van der Waals surface area contributed by atoms with Gasteiger partial charge < -0.3 is 10.1 Å². The second-order valence-electron chi connectivity index (χ2n) is 6.92. The second-order valence-corrected chi connectivity index (χ2v) is 8.60. The summed E-state index contributed by atoms with van der Waals surface area (Å²) in [4.78, 5) is 12.7. The maximum absolute atomic E-state index is 12.8. The highest BCUT2D eigenvalue weighted by Crippen LogP contribution is 2.21. The van der Waals surface area contributed by atoms with Crippen LogP contribution in [0.4, 0.5) is 5.69 Å². The number of nitrogens with one attached hydrogen (secondary N) is 2. The van der Waals surface area contributed by atoms with Gasteiger partial charge in [-0.25, -0.2) is 8.42 Å². The summed E-state index contributed by atoms with van der Waals surface area (Å²) >= 11 is 0. The molecule has 0 aliphatic rings. The van der Waals surface area contributed by atoms with Gasteiger partial charge >= 0.3 is 0 Å². The molecule has 0 aliphatic carbocycles. The Morgan fingerprint density at radius 2 is 1.67 bits per heavy atom. The number of methoxy groups -OCH3 is 1. The summed E-state index contributed by atoms with van der Waals surface area (Å²) in [6.45, 7) is 3.68. The Kier molecular flexibility index (Phi) is 6.42. The van der Waals surface area contributed by atoms with Crippen LogP contribution in [0.5, 0.6) is 5.75 Å². The Balaban J connectivity index is 1.76. The minimum absolute atomic E-state index is 0.0236. The Hall–Kier alpha value is -3.32. The highest BCUT2D eigenvalue weighted by molar-refractivity contribution is 7.92. The van der Waals surface area contributed by atoms with Gasteiger partial charge in [-0.15, -0.1) is 0 Å². The van der Waals surface area contributed by atoms with Crippen molar-refractivity contribution in [2.45, 2.75) is 24.8 Å². The van der Waals surface area contributed by atoms with Crippen molar-refractivity contribution in [1.29, 1.82) is 0 Å². The number of rotatable bonds is 7. The molecular formula is C23H24N2O4S. The van der Waals surface area contributed by atoms with Crippen molar-refractivity contribution in [3.05, 3.63) is 89.5 Å². The van der Waals surface area contributed by atoms with Gasteiger partial charge in [0.15, 0.2) is 0 Å². The van der Waals surface area contributed by atoms with Crippen LogP contribution in [0, 0.1) is 6.92 Å². The molecule has 0 fully saturated rings. The highest BCUT2D eigenvalue weighted by atomic mass is 32.2. The maximum Gasteiger partial charge on any atom is 0.261 e. The molecular weight excluding hydrogens is 400 g/mol. The van der Waals surface area contributed by atoms with Crippen LogP contribution in [0.15, 0.2) is 77.7 Å². The summed E-state index contributed by atoms with van der Waals surface area (Å²) in [5, 5.41) is 2.89. The normalized spacial score (nSPS) is 12.1. The molecule has 0 radical (unpaired) electrons. The lowest BCUT2D eigenvalue weighted by Crippen LogP contribution is -2.27. The zero-order valence-corrected chi connectivity index (χ0v) is 17.9. The van der Waals surface area contributed by atoms with Gasteiger partial charge in [0.2, 0.25) is 0 Å². The number of hydrogen-bond donors (Lipinski definition) is 2. The number of amides is 1. The van der Waals surface area contributed by atoms with Gasteiger partial charge in [0.25, 0.3) is 15.9 Å². The van der Waals surface area contributed by atoms with Gasteiger partial charge in [0.1, 0.15) is 5.75 Å². The summed E-state index contributed by atoms with van der Waals surface area (Å²) in [6.07, 6.45) is 0. The molecule has 156 valence electrons. The standard InChI is InChI=1S/C23H24N2O4S/c1-16-7-4-5-10-22(16)25-30(27,28)21-9-6-8-19(15-21)23(26)24-17(2)18-11-13-20(29-3)14-12-18/h4-15,17,25H,1-3H3,(H,24,26)/t17-/m0/s1. The van der Waals surface area contributed by atoms with E-state index in [0.717, 1.165) is 16.9 Å². The van der Waals surface area contributed by atoms with Gasteiger partial charge in [0.05, 0.1) is 23.7 Å². The minimum atomic E-state index is -3.82. The molecule has 1 amide bonds. The van der Waals surface area contributed by atoms with E-state index < -0.39 is 10.0 Å². The zero-order valence-electron chi connectivity index (χ0n) is 17.0. The molecule has 30 heavy (non-hydrogen) atoms. The Morgan fingerprint density at radius 1 is 0.967 bits per heavy atom. The first-order chi connectivity index (χ1) is 14.3. The number of carbonyl (C=O) groups excluding carboxylic acids is 1. The van der Waals surface area contributed by atoms with Gasteiger partial charge in [-0.05, 0) is 61.4 Å². The first kappa shape index (κ1) is 21.4. The number of sulfonamides is 1. The quantitative estimate of drug-likeness (QED) is 0.592. The third-order valence-corrected chi connectivity index (χ3v) is 6.12. The summed E-state index contributed by atoms with van der Waals surface area (Å²) < 4.78 is 33.3. The number of aryl methyl sites for hydroxylation is 1. The van der Waals surface area contributed by atoms with Gasteiger partial charge in [-0.1, -0.05) is 36.4 Å². The average Bonchev–Trinajstić information content (AvgIpc) is 2.75. The molecule has 6 nitrogen and oxygen atoms in total. The number of benzene rings is 3. The fraction of sp³-hybridized carbons (Fsp3) is 0.174. The van der Waals surface area contributed by atoms with E-state index in [1.54, 1.807) is 31.4 Å². The topological polar surface area (TPSA) is 84.5 Å². The predicted octanol–water partition coefficient (Wildman–Crippen LogP) is 4.30. The van der Waals surface area contributed by atoms with Crippen LogP contribution in [0.1, 0.15) is 34.5 Å². The third-order valence-electron chi connectivity index (χ3n) is 4.76. The van der Waals surface area contributed by atoms with Crippen LogP contribution in [-0.2, 0) is 10.0 Å². The van der Waals surface area contributed by atoms with E-state index in [2.05, 4.69) is 10.0 Å². The fourth-order valence-corrected chi connectivity index (χ4v) is 4.13. The monoisotopic (exact) mass is 424 g/mol. The van der Waals surface area contributed by atoms with E-state index in [9.17, 15) is 13.2 Å². The van der Waals surface area contributed by atoms with Crippen molar-refractivity contribution in [3.8, 4) is 5.75 Å². The predicted molar refractivity (Wildman–Crippen MR) is 117 cm³/mol. The number of para-hydroxylation sites is 1. The smallest absolute Gasteiger partial charge is 0.261 e. The molecule has 0 saturated heterocycles. The molecule has 0 aliphatic heterocycles. The van der Waals surface area contributed by atoms with Crippen molar-refractivity contribution in [3.63, 3.8) is 0 Å². The maximum atomic E-state index is 12.8. The van der Waals surface area contributed by atoms with E-state index in [1.165, 1.54) is 12.1 Å². The highest BCUT2D eigenvalue weighted by Gasteiger charge is 2.18. The minimum Gasteiger partial charge on any atom is -0.497 e. The fourth-order valence-electron chi connectivity index (χ4n) is 2.95. The lowest BCUT2D eigenvalue weighted by molar-refractivity contribution is 0.0939. The lowest BCUT2D eigenvalue weighted by Gasteiger charge is -2.15. The lowest BCUT2D eigenvalue weighted by atomic mass is 10.1. The van der Waals surface area contributed by atoms with E-state index in [-0.39, 0.29) is 22.4 Å². The number of carbonyl (C=O) groups is 1. The molecule has 0 saturated carbocycles. The van der Waals surface area contributed by atoms with E-state index >= 15 is 0 Å². The summed E-state index contributed by atoms with van der Waals surface area (Å²) in [6, 6.07) is 20.2. The van der Waals surface area contributed by atoms with Crippen LogP contribution >= 0.6 is 0 Å². The van der Waals surface area contributed by atoms with E-state index in [1.807, 2.05) is 50.2 Å². The Morgan fingerprint density at radius 3 is 2.33 bits per heavy atom. The molecule has 0 unspecified atom stereocenters. The molecule has 0 bridgehead atoms. The first-order valence-corrected chi connectivity index (χ1v) is 10.9. The molecule has 0 aromatic heterocycles. The molecule has 0 spiro atoms. The molecule has 3 rings (SSSR count). The zero-order chi connectivity index (χ0) is 21.7. The summed E-state index contributed by atoms with van der Waals surface area (Å²) in [5.41, 5.74) is 2.49. The van der Waals surface area contributed by atoms with Gasteiger partial charge in [0, 0.05) is 5.56 Å². The van der Waals surface area contributed by atoms with Crippen LogP contribution < -0.4 is 14.8 Å². The van der Waals surface area contributed by atoms with Crippen molar-refractivity contribution in [2.24, 2.45) is 0 Å². The first-order valence-electron chi connectivity index (χ1n) is 9.43. The summed E-state index contributed by atoms with van der Waals surface area (Å²) in [7, 11) is -2.23. The molecule has 2 N–H and O–H groups in total. The molecule has 0 heterocycles. The van der Waals surface area contributed by atoms with Crippen molar-refractivity contribution in [1.82, 2.24) is 5.32 Å². The molecule has 3 aromatic rings. The average molecular weight is 425 g/mol. The van der Waals surface area contributed by atoms with Crippen molar-refractivity contribution in [2.75, 3.05) is 11.8 Å². The van der Waals surface area contributed by atoms with Crippen LogP contribution in [0.2, 0.25) is 0 Å². The van der Waals surface area contributed by atoms with E-state index in [0.29, 0.717) is 5.69 Å². The van der Waals surface area contributed by atoms with Crippen molar-refractivity contribution < 1.29 is 17.9 Å². The number of hydrogen-bond acceptors (Lipinski definition) is 4. The third kappa shape index (κ3) is 4.99. The molecule has 7 heteroatoms. The Labute approximate surface area is 177 Å². The second kappa shape index (κ2) is 9.00. The number of ether oxygens (including phenoxy) is 1.